The molecule has 1 N–H and O–H groups in total. The van der Waals surface area contributed by atoms with E-state index in [1.807, 2.05) is 71.3 Å². The third-order valence-corrected chi connectivity index (χ3v) is 7.24. The van der Waals surface area contributed by atoms with E-state index in [2.05, 4.69) is 63.3 Å². The minimum atomic E-state index is -0.158. The second kappa shape index (κ2) is 10.9. The number of rotatable bonds is 7. The summed E-state index contributed by atoms with van der Waals surface area (Å²) >= 11 is 11.7. The van der Waals surface area contributed by atoms with Crippen molar-refractivity contribution in [1.29, 1.82) is 0 Å². The summed E-state index contributed by atoms with van der Waals surface area (Å²) < 4.78 is 9.67. The fourth-order valence-electron chi connectivity index (χ4n) is 3.07. The molecule has 33 heavy (non-hydrogen) atoms. The van der Waals surface area contributed by atoms with E-state index in [0.717, 1.165) is 30.4 Å². The molecular formula is C23H17Br3N4O2S. The van der Waals surface area contributed by atoms with Crippen molar-refractivity contribution >= 4 is 71.1 Å². The van der Waals surface area contributed by atoms with Crippen LogP contribution in [0.2, 0.25) is 0 Å². The Balaban J connectivity index is 1.60. The number of aromatic nitrogens is 3. The summed E-state index contributed by atoms with van der Waals surface area (Å²) in [7, 11) is 1.63. The first kappa shape index (κ1) is 24.0. The normalized spacial score (nSPS) is 10.8. The lowest BCUT2D eigenvalue weighted by Crippen LogP contribution is -2.15. The van der Waals surface area contributed by atoms with Gasteiger partial charge in [0.05, 0.1) is 18.6 Å². The predicted octanol–water partition coefficient (Wildman–Crippen LogP) is 6.96. The standard InChI is InChI=1S/C23H17Br3N4O2S/c1-32-17-9-7-16(8-10-17)30-22(14-5-3-2-4-6-14)28-29-23(30)33-13-20(31)27-21-18(25)11-15(24)12-19(21)26/h2-12H,13H2,1H3,(H,27,31). The summed E-state index contributed by atoms with van der Waals surface area (Å²) in [6.45, 7) is 0. The number of nitrogens with zero attached hydrogens (tertiary/aromatic N) is 3. The zero-order valence-corrected chi connectivity index (χ0v) is 22.8. The molecular weight excluding hydrogens is 636 g/mol. The molecule has 0 aliphatic rings. The van der Waals surface area contributed by atoms with Crippen molar-refractivity contribution in [3.63, 3.8) is 0 Å². The van der Waals surface area contributed by atoms with Gasteiger partial charge in [-0.25, -0.2) is 0 Å². The smallest absolute Gasteiger partial charge is 0.234 e. The first-order chi connectivity index (χ1) is 16.0. The summed E-state index contributed by atoms with van der Waals surface area (Å²) in [5, 5.41) is 12.3. The molecule has 0 spiro atoms. The molecule has 0 atom stereocenters. The zero-order valence-electron chi connectivity index (χ0n) is 17.3. The number of amides is 1. The fourth-order valence-corrected chi connectivity index (χ4v) is 6.28. The number of ether oxygens (including phenoxy) is 1. The molecule has 0 bridgehead atoms. The lowest BCUT2D eigenvalue weighted by atomic mass is 10.2. The maximum Gasteiger partial charge on any atom is 0.234 e. The molecule has 1 aromatic heterocycles. The third kappa shape index (κ3) is 5.68. The van der Waals surface area contributed by atoms with Crippen molar-refractivity contribution in [2.24, 2.45) is 0 Å². The van der Waals surface area contributed by atoms with Crippen molar-refractivity contribution in [3.05, 3.63) is 80.1 Å². The van der Waals surface area contributed by atoms with Crippen LogP contribution in [0.5, 0.6) is 5.75 Å². The average Bonchev–Trinajstić information content (AvgIpc) is 3.24. The van der Waals surface area contributed by atoms with Crippen LogP contribution in [0.4, 0.5) is 5.69 Å². The number of nitrogens with one attached hydrogen (secondary N) is 1. The van der Waals surface area contributed by atoms with E-state index in [1.54, 1.807) is 7.11 Å². The molecule has 4 rings (SSSR count). The van der Waals surface area contributed by atoms with Gasteiger partial charge in [-0.1, -0.05) is 58.0 Å². The van der Waals surface area contributed by atoms with Gasteiger partial charge in [-0.15, -0.1) is 10.2 Å². The third-order valence-electron chi connectivity index (χ3n) is 4.60. The summed E-state index contributed by atoms with van der Waals surface area (Å²) in [5.74, 6) is 1.46. The second-order valence-electron chi connectivity index (χ2n) is 6.79. The van der Waals surface area contributed by atoms with Crippen LogP contribution < -0.4 is 10.1 Å². The Bertz CT molecular complexity index is 1260. The van der Waals surface area contributed by atoms with Crippen molar-refractivity contribution in [1.82, 2.24) is 14.8 Å². The van der Waals surface area contributed by atoms with Gasteiger partial charge in [0.15, 0.2) is 11.0 Å². The van der Waals surface area contributed by atoms with E-state index >= 15 is 0 Å². The van der Waals surface area contributed by atoms with E-state index in [9.17, 15) is 4.79 Å². The van der Waals surface area contributed by atoms with E-state index in [4.69, 9.17) is 4.74 Å². The number of anilines is 1. The van der Waals surface area contributed by atoms with Crippen LogP contribution in [0.25, 0.3) is 17.1 Å². The van der Waals surface area contributed by atoms with Crippen molar-refractivity contribution in [2.45, 2.75) is 5.16 Å². The van der Waals surface area contributed by atoms with Crippen LogP contribution in [-0.2, 0) is 4.79 Å². The molecule has 0 unspecified atom stereocenters. The van der Waals surface area contributed by atoms with Gasteiger partial charge in [-0.2, -0.15) is 0 Å². The summed E-state index contributed by atoms with van der Waals surface area (Å²) in [5.41, 5.74) is 2.48. The minimum absolute atomic E-state index is 0.158. The monoisotopic (exact) mass is 650 g/mol. The molecule has 6 nitrogen and oxygen atoms in total. The van der Waals surface area contributed by atoms with Gasteiger partial charge in [0, 0.05) is 24.7 Å². The number of hydrogen-bond donors (Lipinski definition) is 1. The first-order valence-electron chi connectivity index (χ1n) is 9.68. The topological polar surface area (TPSA) is 69.0 Å². The van der Waals surface area contributed by atoms with E-state index < -0.39 is 0 Å². The molecule has 0 saturated carbocycles. The number of carbonyl (C=O) groups excluding carboxylic acids is 1. The number of thioether (sulfide) groups is 1. The Morgan fingerprint density at radius 3 is 2.30 bits per heavy atom. The largest absolute Gasteiger partial charge is 0.497 e. The molecule has 0 radical (unpaired) electrons. The van der Waals surface area contributed by atoms with Crippen LogP contribution in [-0.4, -0.2) is 33.5 Å². The number of carbonyl (C=O) groups is 1. The minimum Gasteiger partial charge on any atom is -0.497 e. The van der Waals surface area contributed by atoms with Crippen molar-refractivity contribution in [2.75, 3.05) is 18.2 Å². The number of methoxy groups -OCH3 is 1. The highest BCUT2D eigenvalue weighted by Crippen LogP contribution is 2.35. The quantitative estimate of drug-likeness (QED) is 0.219. The predicted molar refractivity (Wildman–Crippen MR) is 142 cm³/mol. The molecule has 0 aliphatic heterocycles. The second-order valence-corrected chi connectivity index (χ2v) is 10.4. The molecule has 0 aliphatic carbocycles. The maximum atomic E-state index is 12.7. The molecule has 1 amide bonds. The van der Waals surface area contributed by atoms with Crippen molar-refractivity contribution < 1.29 is 9.53 Å². The van der Waals surface area contributed by atoms with Crippen LogP contribution in [0, 0.1) is 0 Å². The van der Waals surface area contributed by atoms with Crippen LogP contribution in [0.3, 0.4) is 0 Å². The lowest BCUT2D eigenvalue weighted by Gasteiger charge is -2.12. The molecule has 168 valence electrons. The SMILES string of the molecule is COc1ccc(-n2c(SCC(=O)Nc3c(Br)cc(Br)cc3Br)nnc2-c2ccccc2)cc1. The van der Waals surface area contributed by atoms with Gasteiger partial charge in [0.2, 0.25) is 5.91 Å². The molecule has 10 heteroatoms. The Morgan fingerprint density at radius 1 is 1.00 bits per heavy atom. The number of benzene rings is 3. The Labute approximate surface area is 220 Å². The molecule has 0 fully saturated rings. The Hall–Kier alpha value is -2.14. The fraction of sp³-hybridized carbons (Fsp3) is 0.0870. The maximum absolute atomic E-state index is 12.7. The van der Waals surface area contributed by atoms with Crippen LogP contribution in [0.15, 0.2) is 85.3 Å². The highest BCUT2D eigenvalue weighted by Gasteiger charge is 2.18. The van der Waals surface area contributed by atoms with Gasteiger partial charge >= 0.3 is 0 Å². The first-order valence-corrected chi connectivity index (χ1v) is 13.0. The van der Waals surface area contributed by atoms with Gasteiger partial charge in [0.25, 0.3) is 0 Å². The van der Waals surface area contributed by atoms with Crippen LogP contribution in [0.1, 0.15) is 0 Å². The highest BCUT2D eigenvalue weighted by molar-refractivity contribution is 9.11. The Morgan fingerprint density at radius 2 is 1.67 bits per heavy atom. The molecule has 3 aromatic carbocycles. The highest BCUT2D eigenvalue weighted by atomic mass is 79.9. The number of hydrogen-bond acceptors (Lipinski definition) is 5. The van der Waals surface area contributed by atoms with E-state index in [0.29, 0.717) is 16.7 Å². The lowest BCUT2D eigenvalue weighted by molar-refractivity contribution is -0.113. The number of halogens is 3. The summed E-state index contributed by atoms with van der Waals surface area (Å²) in [6, 6.07) is 21.2. The molecule has 0 saturated heterocycles. The molecule has 1 heterocycles. The van der Waals surface area contributed by atoms with Gasteiger partial charge in [0.1, 0.15) is 5.75 Å². The van der Waals surface area contributed by atoms with Gasteiger partial charge in [-0.3, -0.25) is 9.36 Å². The van der Waals surface area contributed by atoms with E-state index in [1.165, 1.54) is 11.8 Å². The Kier molecular flexibility index (Phi) is 7.90. The zero-order chi connectivity index (χ0) is 23.4. The van der Waals surface area contributed by atoms with Crippen molar-refractivity contribution in [3.8, 4) is 22.8 Å². The van der Waals surface area contributed by atoms with E-state index in [-0.39, 0.29) is 11.7 Å². The van der Waals surface area contributed by atoms with Gasteiger partial charge < -0.3 is 10.1 Å². The average molecular weight is 653 g/mol. The summed E-state index contributed by atoms with van der Waals surface area (Å²) in [6.07, 6.45) is 0. The van der Waals surface area contributed by atoms with Gasteiger partial charge in [-0.05, 0) is 68.3 Å². The molecule has 4 aromatic rings. The summed E-state index contributed by atoms with van der Waals surface area (Å²) in [4.78, 5) is 12.7. The van der Waals surface area contributed by atoms with Crippen LogP contribution >= 0.6 is 59.6 Å².